The molecule has 0 bridgehead atoms. The quantitative estimate of drug-likeness (QED) is 0.549. The maximum absolute atomic E-state index is 13.0. The predicted molar refractivity (Wildman–Crippen MR) is 115 cm³/mol. The summed E-state index contributed by atoms with van der Waals surface area (Å²) < 4.78 is 4.83. The lowest BCUT2D eigenvalue weighted by atomic mass is 9.94. The zero-order valence-corrected chi connectivity index (χ0v) is 17.4. The van der Waals surface area contributed by atoms with Gasteiger partial charge in [0.1, 0.15) is 6.04 Å². The number of hydrogen-bond donors (Lipinski definition) is 3. The first kappa shape index (κ1) is 21.9. The van der Waals surface area contributed by atoms with E-state index >= 15 is 0 Å². The first-order valence-corrected chi connectivity index (χ1v) is 10.5. The molecule has 7 nitrogen and oxygen atoms in total. The summed E-state index contributed by atoms with van der Waals surface area (Å²) in [5, 5.41) is 9.78. The van der Waals surface area contributed by atoms with Crippen LogP contribution in [0.1, 0.15) is 46.8 Å². The fraction of sp³-hybridized carbons (Fsp3) is 0.435. The van der Waals surface area contributed by atoms with Gasteiger partial charge in [0, 0.05) is 18.9 Å². The number of methoxy groups -OCH3 is 1. The number of esters is 1. The van der Waals surface area contributed by atoms with Gasteiger partial charge in [-0.05, 0) is 80.2 Å². The van der Waals surface area contributed by atoms with Crippen LogP contribution in [0.3, 0.4) is 0 Å². The molecule has 1 aromatic heterocycles. The maximum Gasteiger partial charge on any atom is 0.337 e. The Morgan fingerprint density at radius 2 is 1.97 bits per heavy atom. The van der Waals surface area contributed by atoms with Crippen LogP contribution in [-0.2, 0) is 16.1 Å². The molecule has 3 rings (SSSR count). The summed E-state index contributed by atoms with van der Waals surface area (Å²) in [5.41, 5.74) is 2.16. The molecule has 0 aliphatic carbocycles. The van der Waals surface area contributed by atoms with Crippen LogP contribution in [0, 0.1) is 5.92 Å². The van der Waals surface area contributed by atoms with Crippen LogP contribution in [-0.4, -0.2) is 43.6 Å². The van der Waals surface area contributed by atoms with E-state index in [9.17, 15) is 9.59 Å². The summed E-state index contributed by atoms with van der Waals surface area (Å²) in [4.78, 5) is 29.0. The van der Waals surface area contributed by atoms with E-state index in [2.05, 4.69) is 20.9 Å². The molecule has 1 amide bonds. The highest BCUT2D eigenvalue weighted by Crippen LogP contribution is 2.19. The van der Waals surface area contributed by atoms with E-state index in [1.54, 1.807) is 30.6 Å². The Labute approximate surface area is 177 Å². The monoisotopic (exact) mass is 410 g/mol. The highest BCUT2D eigenvalue weighted by Gasteiger charge is 2.22. The number of nitrogens with zero attached hydrogens (tertiary/aromatic N) is 1. The number of carbonyl (C=O) groups is 2. The topological polar surface area (TPSA) is 92.4 Å². The first-order valence-electron chi connectivity index (χ1n) is 10.5. The lowest BCUT2D eigenvalue weighted by Crippen LogP contribution is -2.38. The molecule has 1 fully saturated rings. The van der Waals surface area contributed by atoms with E-state index in [1.165, 1.54) is 20.0 Å². The normalized spacial score (nSPS) is 15.4. The minimum absolute atomic E-state index is 0.126. The van der Waals surface area contributed by atoms with Crippen molar-refractivity contribution in [1.82, 2.24) is 20.9 Å². The van der Waals surface area contributed by atoms with Crippen molar-refractivity contribution in [2.45, 2.75) is 31.8 Å². The number of carbonyl (C=O) groups excluding carboxylic acids is 2. The average Bonchev–Trinajstić information content (AvgIpc) is 2.81. The molecule has 1 aliphatic heterocycles. The van der Waals surface area contributed by atoms with Crippen molar-refractivity contribution in [2.75, 3.05) is 26.7 Å². The van der Waals surface area contributed by atoms with Crippen molar-refractivity contribution in [3.8, 4) is 0 Å². The second kappa shape index (κ2) is 11.4. The molecule has 7 heteroatoms. The Balaban J connectivity index is 1.68. The van der Waals surface area contributed by atoms with Gasteiger partial charge in [-0.1, -0.05) is 12.1 Å². The number of rotatable bonds is 9. The first-order chi connectivity index (χ1) is 14.7. The number of hydrogen-bond acceptors (Lipinski definition) is 6. The molecule has 2 aromatic rings. The third kappa shape index (κ3) is 6.37. The summed E-state index contributed by atoms with van der Waals surface area (Å²) in [6.45, 7) is 3.27. The third-order valence-corrected chi connectivity index (χ3v) is 5.48. The van der Waals surface area contributed by atoms with Crippen molar-refractivity contribution < 1.29 is 14.3 Å². The van der Waals surface area contributed by atoms with Gasteiger partial charge < -0.3 is 20.7 Å². The summed E-state index contributed by atoms with van der Waals surface area (Å²) in [7, 11) is 1.35. The van der Waals surface area contributed by atoms with Crippen LogP contribution in [0.4, 0.5) is 0 Å². The van der Waals surface area contributed by atoms with Gasteiger partial charge in [0.05, 0.1) is 12.7 Å². The zero-order valence-electron chi connectivity index (χ0n) is 17.4. The van der Waals surface area contributed by atoms with Crippen LogP contribution >= 0.6 is 0 Å². The molecule has 0 spiro atoms. The predicted octanol–water partition coefficient (Wildman–Crippen LogP) is 2.20. The second-order valence-corrected chi connectivity index (χ2v) is 7.56. The van der Waals surface area contributed by atoms with Gasteiger partial charge in [-0.2, -0.15) is 0 Å². The van der Waals surface area contributed by atoms with Crippen molar-refractivity contribution in [1.29, 1.82) is 0 Å². The van der Waals surface area contributed by atoms with Gasteiger partial charge in [0.2, 0.25) is 5.91 Å². The van der Waals surface area contributed by atoms with E-state index in [4.69, 9.17) is 4.74 Å². The number of aromatic nitrogens is 1. The number of amides is 1. The highest BCUT2D eigenvalue weighted by molar-refractivity contribution is 5.90. The Hall–Kier alpha value is -2.77. The number of pyridine rings is 1. The Morgan fingerprint density at radius 1 is 1.20 bits per heavy atom. The number of piperidine rings is 1. The third-order valence-electron chi connectivity index (χ3n) is 5.48. The van der Waals surface area contributed by atoms with Crippen molar-refractivity contribution in [3.63, 3.8) is 0 Å². The molecule has 1 aromatic carbocycles. The van der Waals surface area contributed by atoms with E-state index in [0.29, 0.717) is 18.0 Å². The molecule has 0 radical (unpaired) electrons. The molecule has 1 atom stereocenters. The van der Waals surface area contributed by atoms with Crippen LogP contribution < -0.4 is 16.0 Å². The molecular weight excluding hydrogens is 380 g/mol. The van der Waals surface area contributed by atoms with Crippen molar-refractivity contribution in [3.05, 3.63) is 65.5 Å². The van der Waals surface area contributed by atoms with Crippen LogP contribution in [0.25, 0.3) is 0 Å². The smallest absolute Gasteiger partial charge is 0.337 e. The van der Waals surface area contributed by atoms with E-state index < -0.39 is 12.0 Å². The summed E-state index contributed by atoms with van der Waals surface area (Å²) in [5.74, 6) is 0.127. The summed E-state index contributed by atoms with van der Waals surface area (Å²) in [6, 6.07) is 10.3. The zero-order chi connectivity index (χ0) is 21.2. The average molecular weight is 411 g/mol. The van der Waals surface area contributed by atoms with Crippen LogP contribution in [0.2, 0.25) is 0 Å². The van der Waals surface area contributed by atoms with Gasteiger partial charge in [-0.3, -0.25) is 9.78 Å². The largest absolute Gasteiger partial charge is 0.465 e. The molecular formula is C23H30N4O3. The Bertz CT molecular complexity index is 822. The number of nitrogens with one attached hydrogen (secondary N) is 3. The van der Waals surface area contributed by atoms with Crippen LogP contribution in [0.15, 0.2) is 48.8 Å². The number of ether oxygens (including phenoxy) is 1. The fourth-order valence-corrected chi connectivity index (χ4v) is 3.72. The highest BCUT2D eigenvalue weighted by atomic mass is 16.5. The van der Waals surface area contributed by atoms with Crippen molar-refractivity contribution in [2.24, 2.45) is 5.92 Å². The SMILES string of the molecule is COC(=O)c1cccc(C(NCCC2CCNCC2)C(=O)NCc2ccncc2)c1. The summed E-state index contributed by atoms with van der Waals surface area (Å²) >= 11 is 0. The summed E-state index contributed by atoms with van der Waals surface area (Å²) in [6.07, 6.45) is 6.76. The second-order valence-electron chi connectivity index (χ2n) is 7.56. The van der Waals surface area contributed by atoms with Gasteiger partial charge >= 0.3 is 5.97 Å². The van der Waals surface area contributed by atoms with Crippen molar-refractivity contribution >= 4 is 11.9 Å². The van der Waals surface area contributed by atoms with E-state index in [0.717, 1.165) is 37.2 Å². The van der Waals surface area contributed by atoms with E-state index in [-0.39, 0.29) is 5.91 Å². The molecule has 1 unspecified atom stereocenters. The Kier molecular flexibility index (Phi) is 8.35. The lowest BCUT2D eigenvalue weighted by molar-refractivity contribution is -0.123. The van der Waals surface area contributed by atoms with Gasteiger partial charge in [-0.15, -0.1) is 0 Å². The number of benzene rings is 1. The molecule has 0 saturated carbocycles. The fourth-order valence-electron chi connectivity index (χ4n) is 3.72. The molecule has 2 heterocycles. The van der Waals surface area contributed by atoms with Gasteiger partial charge in [-0.25, -0.2) is 4.79 Å². The molecule has 3 N–H and O–H groups in total. The minimum Gasteiger partial charge on any atom is -0.465 e. The Morgan fingerprint density at radius 3 is 2.70 bits per heavy atom. The van der Waals surface area contributed by atoms with Crippen LogP contribution in [0.5, 0.6) is 0 Å². The van der Waals surface area contributed by atoms with Gasteiger partial charge in [0.25, 0.3) is 0 Å². The molecule has 160 valence electrons. The minimum atomic E-state index is -0.543. The van der Waals surface area contributed by atoms with Gasteiger partial charge in [0.15, 0.2) is 0 Å². The standard InChI is InChI=1S/C23H30N4O3/c1-30-23(29)20-4-2-3-19(15-20)21(26-14-9-17-5-10-24-11-6-17)22(28)27-16-18-7-12-25-13-8-18/h2-4,7-8,12-13,15,17,21,24,26H,5-6,9-11,14,16H2,1H3,(H,27,28). The maximum atomic E-state index is 13.0. The lowest BCUT2D eigenvalue weighted by Gasteiger charge is -2.24. The molecule has 1 aliphatic rings. The molecule has 1 saturated heterocycles. The molecule has 30 heavy (non-hydrogen) atoms. The van der Waals surface area contributed by atoms with E-state index in [1.807, 2.05) is 18.2 Å².